The maximum absolute atomic E-state index is 13.1. The monoisotopic (exact) mass is 573 g/mol. The molecule has 0 spiro atoms. The van der Waals surface area contributed by atoms with E-state index in [1.165, 1.54) is 12.8 Å². The zero-order valence-corrected chi connectivity index (χ0v) is 25.3. The van der Waals surface area contributed by atoms with Gasteiger partial charge < -0.3 is 15.0 Å². The van der Waals surface area contributed by atoms with E-state index in [-0.39, 0.29) is 5.75 Å². The number of nitrogens with zero attached hydrogens (tertiary/aromatic N) is 4. The van der Waals surface area contributed by atoms with E-state index >= 15 is 0 Å². The molecule has 1 N–H and O–H groups in total. The first kappa shape index (κ1) is 29.0. The average Bonchev–Trinajstić information content (AvgIpc) is 2.96. The van der Waals surface area contributed by atoms with Crippen LogP contribution in [0.2, 0.25) is 0 Å². The first-order chi connectivity index (χ1) is 19.7. The van der Waals surface area contributed by atoms with E-state index in [0.717, 1.165) is 52.4 Å². The van der Waals surface area contributed by atoms with Gasteiger partial charge in [-0.05, 0) is 100 Å². The highest BCUT2D eigenvalue weighted by Gasteiger charge is 2.23. The van der Waals surface area contributed by atoms with Crippen molar-refractivity contribution in [3.63, 3.8) is 0 Å². The van der Waals surface area contributed by atoms with Crippen LogP contribution in [0.3, 0.4) is 0 Å². The second-order valence-electron chi connectivity index (χ2n) is 11.1. The summed E-state index contributed by atoms with van der Waals surface area (Å²) >= 11 is 0. The lowest BCUT2D eigenvalue weighted by atomic mass is 9.90. The summed E-state index contributed by atoms with van der Waals surface area (Å²) in [5, 5.41) is 4.51. The van der Waals surface area contributed by atoms with Crippen LogP contribution in [0.1, 0.15) is 49.4 Å². The van der Waals surface area contributed by atoms with Crippen LogP contribution in [0.5, 0.6) is 5.88 Å². The van der Waals surface area contributed by atoms with Crippen molar-refractivity contribution < 1.29 is 13.2 Å². The third-order valence-electron chi connectivity index (χ3n) is 8.09. The van der Waals surface area contributed by atoms with E-state index in [0.29, 0.717) is 34.5 Å². The Hall–Kier alpha value is -3.56. The van der Waals surface area contributed by atoms with Crippen LogP contribution in [0.4, 0.5) is 5.95 Å². The highest BCUT2D eigenvalue weighted by Crippen LogP contribution is 2.34. The van der Waals surface area contributed by atoms with Crippen molar-refractivity contribution in [3.8, 4) is 17.0 Å². The summed E-state index contributed by atoms with van der Waals surface area (Å²) in [6.45, 7) is 3.92. The summed E-state index contributed by atoms with van der Waals surface area (Å²) in [5.41, 5.74) is 4.91. The smallest absolute Gasteiger partial charge is 0.223 e. The fourth-order valence-corrected chi connectivity index (χ4v) is 7.30. The number of rotatable bonds is 9. The molecule has 1 saturated carbocycles. The third-order valence-corrected chi connectivity index (χ3v) is 9.90. The standard InChI is InChI=1S/C32H39N5O3S/c1-6-22-17-23(18-24-19-33-32(36-30(22)24)35-25-11-14-27(15-12-25)37(3)4)28-16-13-26(34-31(28)40-5)20-41(38,39)29-10-8-7-9-21(29)2/h7-10,13,16-19,25,27H,6,11-12,14-15,20H2,1-5H3,(H,33,35,36). The molecular formula is C32H39N5O3S. The first-order valence-corrected chi connectivity index (χ1v) is 15.9. The van der Waals surface area contributed by atoms with Crippen LogP contribution in [-0.2, 0) is 22.0 Å². The summed E-state index contributed by atoms with van der Waals surface area (Å²) in [7, 11) is 2.32. The van der Waals surface area contributed by atoms with E-state index in [1.807, 2.05) is 24.4 Å². The van der Waals surface area contributed by atoms with Crippen molar-refractivity contribution in [3.05, 3.63) is 71.5 Å². The number of fused-ring (bicyclic) bond motifs is 1. The SMILES string of the molecule is CCc1cc(-c2ccc(CS(=O)(=O)c3ccccc3C)nc2OC)cc2cnc(NC3CCC(N(C)C)CC3)nc12. The van der Waals surface area contributed by atoms with Gasteiger partial charge in [0.05, 0.1) is 29.0 Å². The van der Waals surface area contributed by atoms with Crippen molar-refractivity contribution in [2.75, 3.05) is 26.5 Å². The molecule has 0 atom stereocenters. The molecule has 1 fully saturated rings. The van der Waals surface area contributed by atoms with Crippen molar-refractivity contribution in [2.24, 2.45) is 0 Å². The van der Waals surface area contributed by atoms with Crippen LogP contribution in [0.15, 0.2) is 59.6 Å². The van der Waals surface area contributed by atoms with Crippen molar-refractivity contribution in [1.82, 2.24) is 19.9 Å². The highest BCUT2D eigenvalue weighted by atomic mass is 32.2. The molecule has 4 aromatic rings. The van der Waals surface area contributed by atoms with Gasteiger partial charge in [-0.15, -0.1) is 0 Å². The molecule has 9 heteroatoms. The molecule has 0 bridgehead atoms. The minimum atomic E-state index is -3.55. The molecule has 0 amide bonds. The van der Waals surface area contributed by atoms with Gasteiger partial charge in [-0.2, -0.15) is 0 Å². The molecule has 2 heterocycles. The second kappa shape index (κ2) is 12.1. The van der Waals surface area contributed by atoms with E-state index in [2.05, 4.69) is 47.3 Å². The Morgan fingerprint density at radius 2 is 1.78 bits per heavy atom. The number of sulfone groups is 1. The molecule has 0 radical (unpaired) electrons. The normalized spacial score (nSPS) is 17.6. The van der Waals surface area contributed by atoms with Gasteiger partial charge in [0.2, 0.25) is 11.8 Å². The van der Waals surface area contributed by atoms with Crippen molar-refractivity contribution in [1.29, 1.82) is 0 Å². The molecular weight excluding hydrogens is 534 g/mol. The predicted molar refractivity (Wildman–Crippen MR) is 164 cm³/mol. The summed E-state index contributed by atoms with van der Waals surface area (Å²) in [6, 6.07) is 15.8. The van der Waals surface area contributed by atoms with E-state index in [9.17, 15) is 8.42 Å². The number of methoxy groups -OCH3 is 1. The molecule has 5 rings (SSSR count). The Kier molecular flexibility index (Phi) is 8.56. The first-order valence-electron chi connectivity index (χ1n) is 14.2. The molecule has 1 aliphatic carbocycles. The fraction of sp³-hybridized carbons (Fsp3) is 0.406. The van der Waals surface area contributed by atoms with E-state index in [4.69, 9.17) is 9.72 Å². The Morgan fingerprint density at radius 1 is 1.02 bits per heavy atom. The number of pyridine rings is 1. The van der Waals surface area contributed by atoms with Crippen LogP contribution in [0.25, 0.3) is 22.0 Å². The molecule has 1 aliphatic rings. The lowest BCUT2D eigenvalue weighted by molar-refractivity contribution is 0.221. The number of nitrogens with one attached hydrogen (secondary N) is 1. The summed E-state index contributed by atoms with van der Waals surface area (Å²) in [5.74, 6) is 0.857. The molecule has 0 unspecified atom stereocenters. The third kappa shape index (κ3) is 6.36. The number of hydrogen-bond donors (Lipinski definition) is 1. The van der Waals surface area contributed by atoms with Gasteiger partial charge in [0.15, 0.2) is 9.84 Å². The summed E-state index contributed by atoms with van der Waals surface area (Å²) in [6.07, 6.45) is 7.25. The van der Waals surface area contributed by atoms with Crippen molar-refractivity contribution >= 4 is 26.7 Å². The number of hydrogen-bond acceptors (Lipinski definition) is 8. The van der Waals surface area contributed by atoms with Gasteiger partial charge in [0.1, 0.15) is 0 Å². The quantitative estimate of drug-likeness (QED) is 0.267. The van der Waals surface area contributed by atoms with Crippen molar-refractivity contribution in [2.45, 2.75) is 68.7 Å². The van der Waals surface area contributed by atoms with Gasteiger partial charge in [0.25, 0.3) is 0 Å². The van der Waals surface area contributed by atoms with Gasteiger partial charge >= 0.3 is 0 Å². The van der Waals surface area contributed by atoms with Crippen LogP contribution < -0.4 is 10.1 Å². The lowest BCUT2D eigenvalue weighted by Crippen LogP contribution is -2.36. The minimum Gasteiger partial charge on any atom is -0.481 e. The largest absolute Gasteiger partial charge is 0.481 e. The van der Waals surface area contributed by atoms with E-state index in [1.54, 1.807) is 38.3 Å². The molecule has 0 saturated heterocycles. The zero-order chi connectivity index (χ0) is 29.1. The molecule has 0 aliphatic heterocycles. The van der Waals surface area contributed by atoms with Gasteiger partial charge in [-0.3, -0.25) is 0 Å². The van der Waals surface area contributed by atoms with Gasteiger partial charge in [0, 0.05) is 29.2 Å². The second-order valence-corrected chi connectivity index (χ2v) is 13.1. The average molecular weight is 574 g/mol. The number of aromatic nitrogens is 3. The molecule has 8 nitrogen and oxygen atoms in total. The van der Waals surface area contributed by atoms with Crippen LogP contribution >= 0.6 is 0 Å². The van der Waals surface area contributed by atoms with Gasteiger partial charge in [-0.25, -0.2) is 23.4 Å². The van der Waals surface area contributed by atoms with Crippen LogP contribution in [-0.4, -0.2) is 61.6 Å². The van der Waals surface area contributed by atoms with Crippen LogP contribution in [0, 0.1) is 6.92 Å². The maximum atomic E-state index is 13.1. The topological polar surface area (TPSA) is 97.3 Å². The summed E-state index contributed by atoms with van der Waals surface area (Å²) < 4.78 is 31.8. The Morgan fingerprint density at radius 3 is 2.46 bits per heavy atom. The highest BCUT2D eigenvalue weighted by molar-refractivity contribution is 7.90. The Balaban J connectivity index is 1.40. The predicted octanol–water partition coefficient (Wildman–Crippen LogP) is 5.83. The maximum Gasteiger partial charge on any atom is 0.223 e. The molecule has 2 aromatic carbocycles. The number of ether oxygens (including phenoxy) is 1. The molecule has 216 valence electrons. The minimum absolute atomic E-state index is 0.202. The number of aryl methyl sites for hydroxylation is 2. The van der Waals surface area contributed by atoms with E-state index < -0.39 is 9.84 Å². The number of anilines is 1. The van der Waals surface area contributed by atoms with Gasteiger partial charge in [-0.1, -0.05) is 25.1 Å². The molecule has 41 heavy (non-hydrogen) atoms. The lowest BCUT2D eigenvalue weighted by Gasteiger charge is -2.32. The molecule has 2 aromatic heterocycles. The Labute approximate surface area is 243 Å². The number of benzene rings is 2. The zero-order valence-electron chi connectivity index (χ0n) is 24.5. The summed E-state index contributed by atoms with van der Waals surface area (Å²) in [4.78, 5) is 16.8. The fourth-order valence-electron chi connectivity index (χ4n) is 5.75. The Bertz CT molecular complexity index is 1650.